The molecule has 1 N–H and O–H groups in total. The highest BCUT2D eigenvalue weighted by atomic mass is 16.5. The van der Waals surface area contributed by atoms with Gasteiger partial charge in [0.2, 0.25) is 5.91 Å². The van der Waals surface area contributed by atoms with Crippen LogP contribution in [0.2, 0.25) is 0 Å². The summed E-state index contributed by atoms with van der Waals surface area (Å²) in [5.41, 5.74) is 3.64. The molecule has 0 unspecified atom stereocenters. The fraction of sp³-hybridized carbons (Fsp3) is 0.346. The van der Waals surface area contributed by atoms with Crippen molar-refractivity contribution in [1.82, 2.24) is 9.97 Å². The maximum Gasteiger partial charge on any atom is 0.225 e. The molecule has 0 spiro atoms. The topological polar surface area (TPSA) is 64.1 Å². The average Bonchev–Trinajstić information content (AvgIpc) is 2.81. The number of benzene rings is 2. The predicted octanol–water partition coefficient (Wildman–Crippen LogP) is 5.65. The Kier molecular flexibility index (Phi) is 6.92. The molecule has 160 valence electrons. The molecule has 31 heavy (non-hydrogen) atoms. The Labute approximate surface area is 183 Å². The Morgan fingerprint density at radius 1 is 1.03 bits per heavy atom. The van der Waals surface area contributed by atoms with Crippen LogP contribution < -0.4 is 10.1 Å². The highest BCUT2D eigenvalue weighted by Gasteiger charge is 2.19. The SMILES string of the molecule is COc1ccc(-c2cnc(NC(=O)CC3CCCCC3)c(Cc3ccccc3)n2)cc1. The van der Waals surface area contributed by atoms with Gasteiger partial charge >= 0.3 is 0 Å². The lowest BCUT2D eigenvalue weighted by Gasteiger charge is -2.21. The predicted molar refractivity (Wildman–Crippen MR) is 123 cm³/mol. The number of aromatic nitrogens is 2. The number of anilines is 1. The summed E-state index contributed by atoms with van der Waals surface area (Å²) in [7, 11) is 1.65. The lowest BCUT2D eigenvalue weighted by atomic mass is 9.87. The standard InChI is InChI=1S/C26H29N3O2/c1-31-22-14-12-21(13-15-22)24-18-27-26(23(28-24)16-19-8-4-2-5-9-19)29-25(30)17-20-10-6-3-7-11-20/h2,4-5,8-9,12-15,18,20H,3,6-7,10-11,16-17H2,1H3,(H,27,29,30). The van der Waals surface area contributed by atoms with Crippen LogP contribution in [-0.4, -0.2) is 23.0 Å². The summed E-state index contributed by atoms with van der Waals surface area (Å²) < 4.78 is 5.25. The van der Waals surface area contributed by atoms with Crippen molar-refractivity contribution >= 4 is 11.7 Å². The van der Waals surface area contributed by atoms with E-state index in [9.17, 15) is 4.79 Å². The number of nitrogens with zero attached hydrogens (tertiary/aromatic N) is 2. The summed E-state index contributed by atoms with van der Waals surface area (Å²) in [6.45, 7) is 0. The largest absolute Gasteiger partial charge is 0.497 e. The molecule has 1 aromatic heterocycles. The van der Waals surface area contributed by atoms with Crippen LogP contribution in [0.25, 0.3) is 11.3 Å². The quantitative estimate of drug-likeness (QED) is 0.541. The summed E-state index contributed by atoms with van der Waals surface area (Å²) in [5, 5.41) is 3.04. The summed E-state index contributed by atoms with van der Waals surface area (Å²) in [6, 6.07) is 17.9. The summed E-state index contributed by atoms with van der Waals surface area (Å²) in [4.78, 5) is 22.2. The lowest BCUT2D eigenvalue weighted by molar-refractivity contribution is -0.117. The molecule has 1 fully saturated rings. The van der Waals surface area contributed by atoms with E-state index < -0.39 is 0 Å². The molecule has 1 aliphatic rings. The van der Waals surface area contributed by atoms with Gasteiger partial charge in [0, 0.05) is 18.4 Å². The molecule has 0 aliphatic heterocycles. The Balaban J connectivity index is 1.57. The van der Waals surface area contributed by atoms with Crippen molar-refractivity contribution in [1.29, 1.82) is 0 Å². The van der Waals surface area contributed by atoms with E-state index in [1.807, 2.05) is 42.5 Å². The lowest BCUT2D eigenvalue weighted by Crippen LogP contribution is -2.20. The third-order valence-electron chi connectivity index (χ3n) is 5.90. The summed E-state index contributed by atoms with van der Waals surface area (Å²) in [6.07, 6.45) is 8.94. The molecule has 1 amide bonds. The monoisotopic (exact) mass is 415 g/mol. The zero-order valence-corrected chi connectivity index (χ0v) is 18.0. The van der Waals surface area contributed by atoms with Crippen molar-refractivity contribution in [2.45, 2.75) is 44.9 Å². The normalized spacial score (nSPS) is 14.2. The van der Waals surface area contributed by atoms with Crippen LogP contribution in [0.4, 0.5) is 5.82 Å². The van der Waals surface area contributed by atoms with Gasteiger partial charge in [0.15, 0.2) is 5.82 Å². The molecule has 1 aliphatic carbocycles. The van der Waals surface area contributed by atoms with Gasteiger partial charge in [0.05, 0.1) is 24.7 Å². The van der Waals surface area contributed by atoms with Crippen molar-refractivity contribution in [2.75, 3.05) is 12.4 Å². The van der Waals surface area contributed by atoms with E-state index in [4.69, 9.17) is 9.72 Å². The average molecular weight is 416 g/mol. The van der Waals surface area contributed by atoms with E-state index in [-0.39, 0.29) is 5.91 Å². The number of methoxy groups -OCH3 is 1. The Bertz CT molecular complexity index is 997. The highest BCUT2D eigenvalue weighted by Crippen LogP contribution is 2.27. The second kappa shape index (κ2) is 10.2. The van der Waals surface area contributed by atoms with E-state index in [2.05, 4.69) is 22.4 Å². The first-order chi connectivity index (χ1) is 15.2. The van der Waals surface area contributed by atoms with E-state index in [0.29, 0.717) is 24.6 Å². The van der Waals surface area contributed by atoms with Gasteiger partial charge in [-0.1, -0.05) is 49.6 Å². The van der Waals surface area contributed by atoms with Crippen LogP contribution in [0.5, 0.6) is 5.75 Å². The number of ether oxygens (including phenoxy) is 1. The van der Waals surface area contributed by atoms with Gasteiger partial charge in [-0.25, -0.2) is 9.97 Å². The second-order valence-corrected chi connectivity index (χ2v) is 8.20. The number of carbonyl (C=O) groups is 1. The van der Waals surface area contributed by atoms with Gasteiger partial charge in [-0.15, -0.1) is 0 Å². The molecule has 2 aromatic carbocycles. The van der Waals surface area contributed by atoms with Crippen LogP contribution in [0.3, 0.4) is 0 Å². The minimum atomic E-state index is 0.0349. The molecule has 0 saturated heterocycles. The second-order valence-electron chi connectivity index (χ2n) is 8.20. The highest BCUT2D eigenvalue weighted by molar-refractivity contribution is 5.90. The molecular formula is C26H29N3O2. The molecule has 0 atom stereocenters. The minimum absolute atomic E-state index is 0.0349. The molecule has 5 heteroatoms. The van der Waals surface area contributed by atoms with Crippen molar-refractivity contribution in [3.63, 3.8) is 0 Å². The zero-order chi connectivity index (χ0) is 21.5. The van der Waals surface area contributed by atoms with E-state index in [1.54, 1.807) is 13.3 Å². The van der Waals surface area contributed by atoms with E-state index >= 15 is 0 Å². The summed E-state index contributed by atoms with van der Waals surface area (Å²) in [5.74, 6) is 1.88. The van der Waals surface area contributed by atoms with Crippen molar-refractivity contribution in [2.24, 2.45) is 5.92 Å². The zero-order valence-electron chi connectivity index (χ0n) is 18.0. The van der Waals surface area contributed by atoms with Crippen molar-refractivity contribution < 1.29 is 9.53 Å². The van der Waals surface area contributed by atoms with Gasteiger partial charge < -0.3 is 10.1 Å². The van der Waals surface area contributed by atoms with Gasteiger partial charge in [-0.2, -0.15) is 0 Å². The van der Waals surface area contributed by atoms with Gasteiger partial charge in [0.25, 0.3) is 0 Å². The Morgan fingerprint density at radius 2 is 1.77 bits per heavy atom. The minimum Gasteiger partial charge on any atom is -0.497 e. The number of rotatable bonds is 7. The number of carbonyl (C=O) groups excluding carboxylic acids is 1. The molecule has 1 saturated carbocycles. The van der Waals surface area contributed by atoms with E-state index in [1.165, 1.54) is 19.3 Å². The molecule has 3 aromatic rings. The van der Waals surface area contributed by atoms with Crippen LogP contribution in [0.15, 0.2) is 60.8 Å². The summed E-state index contributed by atoms with van der Waals surface area (Å²) >= 11 is 0. The van der Waals surface area contributed by atoms with Crippen LogP contribution >= 0.6 is 0 Å². The fourth-order valence-electron chi connectivity index (χ4n) is 4.18. The van der Waals surface area contributed by atoms with Gasteiger partial charge in [0.1, 0.15) is 5.75 Å². The first kappa shape index (κ1) is 21.0. The number of hydrogen-bond acceptors (Lipinski definition) is 4. The first-order valence-electron chi connectivity index (χ1n) is 11.1. The van der Waals surface area contributed by atoms with E-state index in [0.717, 1.165) is 41.1 Å². The van der Waals surface area contributed by atoms with Crippen LogP contribution in [-0.2, 0) is 11.2 Å². The van der Waals surface area contributed by atoms with Crippen LogP contribution in [0.1, 0.15) is 49.8 Å². The maximum absolute atomic E-state index is 12.7. The number of amides is 1. The Morgan fingerprint density at radius 3 is 2.48 bits per heavy atom. The van der Waals surface area contributed by atoms with Crippen molar-refractivity contribution in [3.8, 4) is 17.0 Å². The van der Waals surface area contributed by atoms with Crippen LogP contribution in [0, 0.1) is 5.92 Å². The first-order valence-corrected chi connectivity index (χ1v) is 11.1. The molecule has 1 heterocycles. The number of hydrogen-bond donors (Lipinski definition) is 1. The molecule has 5 nitrogen and oxygen atoms in total. The molecule has 4 rings (SSSR count). The fourth-order valence-corrected chi connectivity index (χ4v) is 4.18. The number of nitrogens with one attached hydrogen (secondary N) is 1. The van der Waals surface area contributed by atoms with Crippen molar-refractivity contribution in [3.05, 3.63) is 72.1 Å². The third kappa shape index (κ3) is 5.69. The maximum atomic E-state index is 12.7. The smallest absolute Gasteiger partial charge is 0.225 e. The molecule has 0 bridgehead atoms. The van der Waals surface area contributed by atoms with Gasteiger partial charge in [-0.3, -0.25) is 4.79 Å². The molecule has 0 radical (unpaired) electrons. The van der Waals surface area contributed by atoms with Gasteiger partial charge in [-0.05, 0) is 48.6 Å². The molecular weight excluding hydrogens is 386 g/mol. The third-order valence-corrected chi connectivity index (χ3v) is 5.90. The Hall–Kier alpha value is -3.21.